The van der Waals surface area contributed by atoms with Crippen LogP contribution in [0.2, 0.25) is 0 Å². The highest BCUT2D eigenvalue weighted by molar-refractivity contribution is 6.01. The highest BCUT2D eigenvalue weighted by Crippen LogP contribution is 2.32. The Balaban J connectivity index is 1.58. The molecule has 190 valence electrons. The number of carbonyl (C=O) groups is 2. The van der Waals surface area contributed by atoms with Crippen LogP contribution in [-0.2, 0) is 16.1 Å². The predicted octanol–water partition coefficient (Wildman–Crippen LogP) is 4.41. The molecule has 9 heteroatoms. The number of nitrogens with one attached hydrogen (secondary N) is 1. The van der Waals surface area contributed by atoms with Crippen LogP contribution in [0.5, 0.6) is 5.75 Å². The summed E-state index contributed by atoms with van der Waals surface area (Å²) in [4.78, 5) is 29.2. The van der Waals surface area contributed by atoms with Crippen LogP contribution in [0.1, 0.15) is 37.3 Å². The Labute approximate surface area is 214 Å². The average Bonchev–Trinajstić information content (AvgIpc) is 3.57. The lowest BCUT2D eigenvalue weighted by Gasteiger charge is -2.32. The third-order valence-electron chi connectivity index (χ3n) is 6.68. The van der Waals surface area contributed by atoms with E-state index >= 15 is 0 Å². The first-order valence-electron chi connectivity index (χ1n) is 12.3. The van der Waals surface area contributed by atoms with Crippen LogP contribution >= 0.6 is 0 Å². The smallest absolute Gasteiger partial charge is 0.249 e. The molecule has 5 rings (SSSR count). The Kier molecular flexibility index (Phi) is 7.11. The molecule has 0 saturated heterocycles. The SMILES string of the molecule is COc1cccc([C@H](C(=O)NC2CCCC2)N(C(=O)Cn2nnc3ccccc32)c2cccc(F)c2)c1. The van der Waals surface area contributed by atoms with Crippen molar-refractivity contribution in [2.45, 2.75) is 44.3 Å². The molecule has 1 fully saturated rings. The van der Waals surface area contributed by atoms with E-state index in [0.29, 0.717) is 22.3 Å². The number of benzene rings is 3. The number of carbonyl (C=O) groups excluding carboxylic acids is 2. The Bertz CT molecular complexity index is 1420. The van der Waals surface area contributed by atoms with E-state index < -0.39 is 17.8 Å². The second kappa shape index (κ2) is 10.8. The molecule has 3 aromatic carbocycles. The lowest BCUT2D eigenvalue weighted by Crippen LogP contribution is -2.47. The summed E-state index contributed by atoms with van der Waals surface area (Å²) in [7, 11) is 1.54. The van der Waals surface area contributed by atoms with Crippen LogP contribution in [0.3, 0.4) is 0 Å². The maximum atomic E-state index is 14.4. The zero-order valence-electron chi connectivity index (χ0n) is 20.5. The number of methoxy groups -OCH3 is 1. The minimum atomic E-state index is -1.06. The van der Waals surface area contributed by atoms with Crippen LogP contribution in [0.25, 0.3) is 11.0 Å². The summed E-state index contributed by atoms with van der Waals surface area (Å²) in [5, 5.41) is 11.4. The zero-order valence-corrected chi connectivity index (χ0v) is 20.5. The largest absolute Gasteiger partial charge is 0.497 e. The third kappa shape index (κ3) is 5.30. The van der Waals surface area contributed by atoms with Crippen molar-refractivity contribution in [3.8, 4) is 5.75 Å². The lowest BCUT2D eigenvalue weighted by molar-refractivity contribution is -0.127. The molecular weight excluding hydrogens is 473 g/mol. The van der Waals surface area contributed by atoms with Gasteiger partial charge in [-0.15, -0.1) is 5.10 Å². The molecule has 37 heavy (non-hydrogen) atoms. The molecule has 0 aliphatic heterocycles. The predicted molar refractivity (Wildman–Crippen MR) is 138 cm³/mol. The fourth-order valence-electron chi connectivity index (χ4n) is 4.88. The monoisotopic (exact) mass is 501 g/mol. The quantitative estimate of drug-likeness (QED) is 0.386. The Morgan fingerprint density at radius 1 is 1.08 bits per heavy atom. The molecular formula is C28H28FN5O3. The van der Waals surface area contributed by atoms with Crippen molar-refractivity contribution in [3.63, 3.8) is 0 Å². The van der Waals surface area contributed by atoms with Crippen LogP contribution in [0, 0.1) is 5.82 Å². The number of aromatic nitrogens is 3. The van der Waals surface area contributed by atoms with E-state index in [1.165, 1.54) is 34.9 Å². The highest BCUT2D eigenvalue weighted by atomic mass is 19.1. The minimum Gasteiger partial charge on any atom is -0.497 e. The molecule has 1 N–H and O–H groups in total. The molecule has 1 saturated carbocycles. The number of hydrogen-bond donors (Lipinski definition) is 1. The molecule has 1 aliphatic rings. The Morgan fingerprint density at radius 2 is 1.86 bits per heavy atom. The van der Waals surface area contributed by atoms with Crippen molar-refractivity contribution in [1.82, 2.24) is 20.3 Å². The molecule has 1 aliphatic carbocycles. The maximum absolute atomic E-state index is 14.4. The third-order valence-corrected chi connectivity index (χ3v) is 6.68. The summed E-state index contributed by atoms with van der Waals surface area (Å²) in [6, 6.07) is 19.0. The molecule has 2 amide bonds. The highest BCUT2D eigenvalue weighted by Gasteiger charge is 2.35. The van der Waals surface area contributed by atoms with Crippen molar-refractivity contribution in [2.24, 2.45) is 0 Å². The molecule has 1 atom stereocenters. The van der Waals surface area contributed by atoms with Gasteiger partial charge in [0, 0.05) is 11.7 Å². The second-order valence-corrected chi connectivity index (χ2v) is 9.15. The van der Waals surface area contributed by atoms with E-state index in [4.69, 9.17) is 4.74 Å². The van der Waals surface area contributed by atoms with Gasteiger partial charge in [0.1, 0.15) is 29.7 Å². The van der Waals surface area contributed by atoms with Crippen LogP contribution in [-0.4, -0.2) is 40.0 Å². The van der Waals surface area contributed by atoms with Crippen molar-refractivity contribution < 1.29 is 18.7 Å². The summed E-state index contributed by atoms with van der Waals surface area (Å²) < 4.78 is 21.3. The molecule has 8 nitrogen and oxygen atoms in total. The fraction of sp³-hybridized carbons (Fsp3) is 0.286. The van der Waals surface area contributed by atoms with Gasteiger partial charge in [-0.1, -0.05) is 48.4 Å². The van der Waals surface area contributed by atoms with Crippen LogP contribution in [0.4, 0.5) is 10.1 Å². The van der Waals surface area contributed by atoms with Crippen molar-refractivity contribution in [1.29, 1.82) is 0 Å². The minimum absolute atomic E-state index is 0.0318. The molecule has 0 unspecified atom stereocenters. The normalized spacial score (nSPS) is 14.4. The van der Waals surface area contributed by atoms with Crippen molar-refractivity contribution >= 4 is 28.5 Å². The average molecular weight is 502 g/mol. The van der Waals surface area contributed by atoms with Gasteiger partial charge < -0.3 is 10.1 Å². The number of ether oxygens (including phenoxy) is 1. The van der Waals surface area contributed by atoms with Crippen molar-refractivity contribution in [3.05, 3.63) is 84.2 Å². The van der Waals surface area contributed by atoms with E-state index in [1.54, 1.807) is 30.3 Å². The molecule has 1 heterocycles. The summed E-state index contributed by atoms with van der Waals surface area (Å²) in [5.41, 5.74) is 2.15. The lowest BCUT2D eigenvalue weighted by atomic mass is 10.0. The molecule has 0 bridgehead atoms. The summed E-state index contributed by atoms with van der Waals surface area (Å²) in [6.45, 7) is -0.186. The number of fused-ring (bicyclic) bond motifs is 1. The van der Waals surface area contributed by atoms with Crippen molar-refractivity contribution in [2.75, 3.05) is 12.0 Å². The molecule has 0 radical (unpaired) electrons. The molecule has 4 aromatic rings. The number of para-hydroxylation sites is 1. The maximum Gasteiger partial charge on any atom is 0.249 e. The van der Waals surface area contributed by atoms with Gasteiger partial charge in [-0.05, 0) is 60.9 Å². The van der Waals surface area contributed by atoms with Gasteiger partial charge in [-0.3, -0.25) is 14.5 Å². The number of hydrogen-bond acceptors (Lipinski definition) is 5. The van der Waals surface area contributed by atoms with Gasteiger partial charge in [0.05, 0.1) is 12.6 Å². The van der Waals surface area contributed by atoms with E-state index in [9.17, 15) is 14.0 Å². The number of anilines is 1. The standard InChI is InChI=1S/C28H28FN5O3/c1-37-23-13-6-8-19(16-23)27(28(36)30-21-10-2-3-11-21)34(22-12-7-9-20(29)17-22)26(35)18-33-25-15-5-4-14-24(25)31-32-33/h4-9,12-17,21,27H,2-3,10-11,18H2,1H3,(H,30,36)/t27-/m1/s1. The fourth-order valence-corrected chi connectivity index (χ4v) is 4.88. The van der Waals surface area contributed by atoms with Gasteiger partial charge in [0.15, 0.2) is 0 Å². The van der Waals surface area contributed by atoms with Crippen LogP contribution < -0.4 is 15.0 Å². The second-order valence-electron chi connectivity index (χ2n) is 9.15. The molecule has 1 aromatic heterocycles. The van der Waals surface area contributed by atoms with E-state index in [1.807, 2.05) is 24.3 Å². The Hall–Kier alpha value is -4.27. The van der Waals surface area contributed by atoms with Crippen LogP contribution in [0.15, 0.2) is 72.8 Å². The number of rotatable bonds is 8. The number of halogens is 1. The summed E-state index contributed by atoms with van der Waals surface area (Å²) in [6.07, 6.45) is 3.85. The first-order valence-corrected chi connectivity index (χ1v) is 12.3. The summed E-state index contributed by atoms with van der Waals surface area (Å²) >= 11 is 0. The number of nitrogens with zero attached hydrogens (tertiary/aromatic N) is 4. The van der Waals surface area contributed by atoms with Gasteiger partial charge in [0.2, 0.25) is 11.8 Å². The Morgan fingerprint density at radius 3 is 2.65 bits per heavy atom. The van der Waals surface area contributed by atoms with E-state index in [0.717, 1.165) is 25.7 Å². The zero-order chi connectivity index (χ0) is 25.8. The van der Waals surface area contributed by atoms with E-state index in [2.05, 4.69) is 15.6 Å². The first-order chi connectivity index (χ1) is 18.0. The topological polar surface area (TPSA) is 89.4 Å². The molecule has 0 spiro atoms. The number of amides is 2. The van der Waals surface area contributed by atoms with Gasteiger partial charge in [-0.25, -0.2) is 9.07 Å². The van der Waals surface area contributed by atoms with Gasteiger partial charge in [0.25, 0.3) is 0 Å². The first kappa shape index (κ1) is 24.4. The van der Waals surface area contributed by atoms with Gasteiger partial charge in [-0.2, -0.15) is 0 Å². The van der Waals surface area contributed by atoms with E-state index in [-0.39, 0.29) is 24.2 Å². The van der Waals surface area contributed by atoms with Gasteiger partial charge >= 0.3 is 0 Å². The summed E-state index contributed by atoms with van der Waals surface area (Å²) in [5.74, 6) is -0.732.